The van der Waals surface area contributed by atoms with Gasteiger partial charge in [0, 0.05) is 11.1 Å². The van der Waals surface area contributed by atoms with E-state index in [4.69, 9.17) is 0 Å². The van der Waals surface area contributed by atoms with Crippen molar-refractivity contribution in [3.05, 3.63) is 199 Å². The van der Waals surface area contributed by atoms with Gasteiger partial charge in [-0.3, -0.25) is 4.79 Å². The first-order valence-corrected chi connectivity index (χ1v) is 15.9. The maximum atomic E-state index is 13.5. The molecule has 0 aromatic heterocycles. The van der Waals surface area contributed by atoms with Crippen LogP contribution in [0.4, 0.5) is 0 Å². The number of allylic oxidation sites excluding steroid dienone is 9. The van der Waals surface area contributed by atoms with E-state index >= 15 is 0 Å². The van der Waals surface area contributed by atoms with E-state index < -0.39 is 0 Å². The fraction of sp³-hybridized carbons (Fsp3) is 0.0652. The molecule has 0 aliphatic carbocycles. The van der Waals surface area contributed by atoms with E-state index in [2.05, 4.69) is 99.5 Å². The zero-order valence-electron chi connectivity index (χ0n) is 27.5. The van der Waals surface area contributed by atoms with Crippen molar-refractivity contribution < 1.29 is 4.79 Å². The van der Waals surface area contributed by atoms with Crippen LogP contribution < -0.4 is 0 Å². The summed E-state index contributed by atoms with van der Waals surface area (Å²) in [6, 6.07) is 39.1. The Bertz CT molecular complexity index is 2030. The maximum Gasteiger partial charge on any atom is 0.193 e. The Morgan fingerprint density at radius 1 is 0.617 bits per heavy atom. The lowest BCUT2D eigenvalue weighted by atomic mass is 9.83. The quantitative estimate of drug-likeness (QED) is 0.108. The summed E-state index contributed by atoms with van der Waals surface area (Å²) in [5.74, 6) is 0.00265. The van der Waals surface area contributed by atoms with Crippen molar-refractivity contribution in [2.45, 2.75) is 20.8 Å². The zero-order valence-corrected chi connectivity index (χ0v) is 27.5. The Morgan fingerprint density at radius 3 is 1.77 bits per heavy atom. The minimum absolute atomic E-state index is 0.00265. The number of hydrogen-bond donors (Lipinski definition) is 0. The van der Waals surface area contributed by atoms with Crippen LogP contribution >= 0.6 is 0 Å². The van der Waals surface area contributed by atoms with Crippen LogP contribution in [0.5, 0.6) is 0 Å². The number of rotatable bonds is 11. The van der Waals surface area contributed by atoms with Gasteiger partial charge in [-0.05, 0) is 106 Å². The van der Waals surface area contributed by atoms with E-state index in [1.54, 1.807) is 0 Å². The first-order chi connectivity index (χ1) is 22.9. The molecule has 1 heteroatoms. The van der Waals surface area contributed by atoms with Crippen LogP contribution in [0.3, 0.4) is 0 Å². The molecule has 0 aliphatic rings. The highest BCUT2D eigenvalue weighted by molar-refractivity contribution is 6.09. The largest absolute Gasteiger partial charge is 0.289 e. The standard InChI is InChI=1S/C46H40O/c1-7-15-32(5)35-21-25-37(26-22-35)43-30-42(40-19-14-20-41(29-40)46(47)39-17-12-11-13-18-39)31-44(45(43)34(9-3)10-4)38-27-23-36(24-28-38)33(6)16-8-2/h7-31H,1,3,6H2,2,4-5H3. The molecule has 1 nitrogen and oxygen atoms in total. The third-order valence-electron chi connectivity index (χ3n) is 8.41. The van der Waals surface area contributed by atoms with Crippen LogP contribution in [0.2, 0.25) is 0 Å². The molecule has 0 fully saturated rings. The molecule has 0 spiro atoms. The predicted octanol–water partition coefficient (Wildman–Crippen LogP) is 12.7. The van der Waals surface area contributed by atoms with Gasteiger partial charge >= 0.3 is 0 Å². The second kappa shape index (κ2) is 15.0. The lowest BCUT2D eigenvalue weighted by Gasteiger charge is -2.20. The van der Waals surface area contributed by atoms with Crippen LogP contribution in [-0.2, 0) is 0 Å². The molecule has 47 heavy (non-hydrogen) atoms. The van der Waals surface area contributed by atoms with Crippen LogP contribution in [0.25, 0.3) is 50.1 Å². The second-order valence-electron chi connectivity index (χ2n) is 11.4. The number of hydrogen-bond acceptors (Lipinski definition) is 1. The van der Waals surface area contributed by atoms with E-state index in [0.717, 1.165) is 66.8 Å². The van der Waals surface area contributed by atoms with Gasteiger partial charge in [0.2, 0.25) is 0 Å². The predicted molar refractivity (Wildman–Crippen MR) is 204 cm³/mol. The first kappa shape index (κ1) is 32.6. The van der Waals surface area contributed by atoms with Crippen molar-refractivity contribution in [2.75, 3.05) is 0 Å². The van der Waals surface area contributed by atoms with Crippen molar-refractivity contribution in [2.24, 2.45) is 0 Å². The van der Waals surface area contributed by atoms with Gasteiger partial charge in [-0.2, -0.15) is 0 Å². The van der Waals surface area contributed by atoms with Gasteiger partial charge in [-0.15, -0.1) is 0 Å². The molecule has 0 atom stereocenters. The van der Waals surface area contributed by atoms with Crippen molar-refractivity contribution in [1.82, 2.24) is 0 Å². The normalized spacial score (nSPS) is 11.8. The van der Waals surface area contributed by atoms with Gasteiger partial charge in [-0.25, -0.2) is 0 Å². The molecule has 230 valence electrons. The molecule has 0 unspecified atom stereocenters. The van der Waals surface area contributed by atoms with Gasteiger partial charge in [-0.1, -0.05) is 153 Å². The fourth-order valence-electron chi connectivity index (χ4n) is 5.88. The lowest BCUT2D eigenvalue weighted by molar-refractivity contribution is 0.103. The number of ketones is 1. The molecular formula is C46H40O. The van der Waals surface area contributed by atoms with E-state index in [1.165, 1.54) is 0 Å². The Labute approximate surface area is 280 Å². The number of benzene rings is 5. The number of carbonyl (C=O) groups is 1. The van der Waals surface area contributed by atoms with Crippen LogP contribution in [-0.4, -0.2) is 5.78 Å². The lowest BCUT2D eigenvalue weighted by Crippen LogP contribution is -2.01. The summed E-state index contributed by atoms with van der Waals surface area (Å²) in [6.07, 6.45) is 11.9. The van der Waals surface area contributed by atoms with E-state index in [0.29, 0.717) is 11.1 Å². The fourth-order valence-corrected chi connectivity index (χ4v) is 5.88. The van der Waals surface area contributed by atoms with E-state index in [-0.39, 0.29) is 5.78 Å². The van der Waals surface area contributed by atoms with E-state index in [9.17, 15) is 4.79 Å². The zero-order chi connectivity index (χ0) is 33.3. The van der Waals surface area contributed by atoms with Gasteiger partial charge in [0.05, 0.1) is 0 Å². The molecule has 0 aliphatic heterocycles. The van der Waals surface area contributed by atoms with Crippen LogP contribution in [0.1, 0.15) is 53.4 Å². The molecule has 5 rings (SSSR count). The van der Waals surface area contributed by atoms with Crippen molar-refractivity contribution in [3.8, 4) is 33.4 Å². The summed E-state index contributed by atoms with van der Waals surface area (Å²) < 4.78 is 0. The average molecular weight is 609 g/mol. The SMILES string of the molecule is C=CC=C(C)c1ccc(-c2cc(-c3cccc(C(=O)c4ccccc4)c3)cc(-c3ccc(C(=C)C=CC)cc3)c2C(C=C)=CC)cc1. The molecule has 0 N–H and O–H groups in total. The minimum atomic E-state index is 0.00265. The number of carbonyl (C=O) groups excluding carboxylic acids is 1. The van der Waals surface area contributed by atoms with Crippen molar-refractivity contribution >= 4 is 22.5 Å². The minimum Gasteiger partial charge on any atom is -0.289 e. The molecular weight excluding hydrogens is 569 g/mol. The molecule has 0 saturated heterocycles. The molecule has 0 amide bonds. The summed E-state index contributed by atoms with van der Waals surface area (Å²) in [7, 11) is 0. The molecule has 0 bridgehead atoms. The topological polar surface area (TPSA) is 17.1 Å². The van der Waals surface area contributed by atoms with Crippen LogP contribution in [0.15, 0.2) is 171 Å². The molecule has 5 aromatic carbocycles. The highest BCUT2D eigenvalue weighted by Gasteiger charge is 2.18. The van der Waals surface area contributed by atoms with Crippen molar-refractivity contribution in [3.63, 3.8) is 0 Å². The molecule has 0 heterocycles. The summed E-state index contributed by atoms with van der Waals surface area (Å²) >= 11 is 0. The summed E-state index contributed by atoms with van der Waals surface area (Å²) in [5, 5.41) is 0. The van der Waals surface area contributed by atoms with Gasteiger partial charge in [0.25, 0.3) is 0 Å². The van der Waals surface area contributed by atoms with Gasteiger partial charge in [0.1, 0.15) is 0 Å². The van der Waals surface area contributed by atoms with Gasteiger partial charge in [0.15, 0.2) is 5.78 Å². The van der Waals surface area contributed by atoms with E-state index in [1.807, 2.05) is 92.8 Å². The molecule has 0 radical (unpaired) electrons. The smallest absolute Gasteiger partial charge is 0.193 e. The Morgan fingerprint density at radius 2 is 1.21 bits per heavy atom. The summed E-state index contributed by atoms with van der Waals surface area (Å²) in [4.78, 5) is 13.5. The Hall–Kier alpha value is -5.79. The monoisotopic (exact) mass is 608 g/mol. The summed E-state index contributed by atoms with van der Waals surface area (Å²) in [6.45, 7) is 18.4. The average Bonchev–Trinajstić information content (AvgIpc) is 3.12. The van der Waals surface area contributed by atoms with Gasteiger partial charge < -0.3 is 0 Å². The maximum absolute atomic E-state index is 13.5. The molecule has 5 aromatic rings. The Balaban J connectivity index is 1.76. The summed E-state index contributed by atoms with van der Waals surface area (Å²) in [5.41, 5.74) is 14.2. The third kappa shape index (κ3) is 7.21. The van der Waals surface area contributed by atoms with Crippen LogP contribution in [0, 0.1) is 0 Å². The second-order valence-corrected chi connectivity index (χ2v) is 11.4. The highest BCUT2D eigenvalue weighted by Crippen LogP contribution is 2.42. The third-order valence-corrected chi connectivity index (χ3v) is 8.41. The Kier molecular flexibility index (Phi) is 10.4. The van der Waals surface area contributed by atoms with Crippen molar-refractivity contribution in [1.29, 1.82) is 0 Å². The first-order valence-electron chi connectivity index (χ1n) is 15.9. The molecule has 0 saturated carbocycles. The highest BCUT2D eigenvalue weighted by atomic mass is 16.1.